The second-order valence-electron chi connectivity index (χ2n) is 3.97. The summed E-state index contributed by atoms with van der Waals surface area (Å²) < 4.78 is 9.67. The molecule has 0 aliphatic heterocycles. The highest BCUT2D eigenvalue weighted by Crippen LogP contribution is 2.22. The maximum atomic E-state index is 11.1. The van der Waals surface area contributed by atoms with E-state index in [0.717, 1.165) is 0 Å². The lowest BCUT2D eigenvalue weighted by Gasteiger charge is -2.23. The van der Waals surface area contributed by atoms with E-state index in [1.54, 1.807) is 6.92 Å². The lowest BCUT2D eigenvalue weighted by molar-refractivity contribution is -0.154. The van der Waals surface area contributed by atoms with Crippen LogP contribution >= 0.6 is 0 Å². The van der Waals surface area contributed by atoms with E-state index in [-0.39, 0.29) is 19.6 Å². The van der Waals surface area contributed by atoms with E-state index < -0.39 is 17.4 Å². The van der Waals surface area contributed by atoms with Gasteiger partial charge in [0.15, 0.2) is 0 Å². The predicted molar refractivity (Wildman–Crippen MR) is 58.0 cm³/mol. The maximum absolute atomic E-state index is 11.1. The zero-order chi connectivity index (χ0) is 12.8. The van der Waals surface area contributed by atoms with E-state index >= 15 is 0 Å². The SMILES string of the molecule is C=C(C)C(=O)OCCC(C)(COC)C(=O)O. The van der Waals surface area contributed by atoms with Crippen LogP contribution in [0.2, 0.25) is 0 Å². The fraction of sp³-hybridized carbons (Fsp3) is 0.636. The average molecular weight is 230 g/mol. The summed E-state index contributed by atoms with van der Waals surface area (Å²) in [5.41, 5.74) is -0.742. The summed E-state index contributed by atoms with van der Waals surface area (Å²) in [5.74, 6) is -1.48. The van der Waals surface area contributed by atoms with Crippen LogP contribution in [-0.4, -0.2) is 37.4 Å². The van der Waals surface area contributed by atoms with Crippen LogP contribution in [0.5, 0.6) is 0 Å². The normalized spacial score (nSPS) is 13.9. The Morgan fingerprint density at radius 3 is 2.38 bits per heavy atom. The number of carboxylic acids is 1. The van der Waals surface area contributed by atoms with Crippen molar-refractivity contribution in [1.29, 1.82) is 0 Å². The maximum Gasteiger partial charge on any atom is 0.333 e. The Morgan fingerprint density at radius 2 is 2.00 bits per heavy atom. The Kier molecular flexibility index (Phi) is 5.74. The van der Waals surface area contributed by atoms with Gasteiger partial charge in [-0.05, 0) is 20.3 Å². The second kappa shape index (κ2) is 6.27. The Balaban J connectivity index is 4.19. The number of carbonyl (C=O) groups is 2. The molecule has 16 heavy (non-hydrogen) atoms. The number of aliphatic carboxylic acids is 1. The van der Waals surface area contributed by atoms with Gasteiger partial charge in [-0.3, -0.25) is 4.79 Å². The highest BCUT2D eigenvalue weighted by molar-refractivity contribution is 5.86. The number of rotatable bonds is 7. The Labute approximate surface area is 95.0 Å². The van der Waals surface area contributed by atoms with Crippen LogP contribution in [0.1, 0.15) is 20.3 Å². The van der Waals surface area contributed by atoms with Crippen LogP contribution in [-0.2, 0) is 19.1 Å². The molecule has 0 aliphatic carbocycles. The number of carboxylic acid groups (broad SMARTS) is 1. The first kappa shape index (κ1) is 14.6. The van der Waals surface area contributed by atoms with Gasteiger partial charge in [0.05, 0.1) is 18.6 Å². The molecule has 0 spiro atoms. The third kappa shape index (κ3) is 4.44. The van der Waals surface area contributed by atoms with Gasteiger partial charge in [0.2, 0.25) is 0 Å². The lowest BCUT2D eigenvalue weighted by Crippen LogP contribution is -2.34. The number of hydrogen-bond donors (Lipinski definition) is 1. The Morgan fingerprint density at radius 1 is 1.44 bits per heavy atom. The van der Waals surface area contributed by atoms with Crippen molar-refractivity contribution in [1.82, 2.24) is 0 Å². The van der Waals surface area contributed by atoms with Crippen molar-refractivity contribution in [2.24, 2.45) is 5.41 Å². The van der Waals surface area contributed by atoms with Crippen LogP contribution in [0.15, 0.2) is 12.2 Å². The first-order chi connectivity index (χ1) is 7.33. The summed E-state index contributed by atoms with van der Waals surface area (Å²) in [7, 11) is 1.43. The molecule has 1 unspecified atom stereocenters. The molecule has 1 N–H and O–H groups in total. The first-order valence-electron chi connectivity index (χ1n) is 4.88. The third-order valence-electron chi connectivity index (χ3n) is 2.21. The highest BCUT2D eigenvalue weighted by Gasteiger charge is 2.33. The standard InChI is InChI=1S/C11H18O5/c1-8(2)9(12)16-6-5-11(3,7-15-4)10(13)14/h1,5-7H2,2-4H3,(H,13,14). The number of ether oxygens (including phenoxy) is 2. The molecule has 1 atom stereocenters. The Bertz CT molecular complexity index is 284. The third-order valence-corrected chi connectivity index (χ3v) is 2.21. The molecule has 0 aromatic rings. The predicted octanol–water partition coefficient (Wildman–Crippen LogP) is 1.23. The first-order valence-corrected chi connectivity index (χ1v) is 4.88. The van der Waals surface area contributed by atoms with Crippen molar-refractivity contribution in [2.75, 3.05) is 20.3 Å². The summed E-state index contributed by atoms with van der Waals surface area (Å²) in [4.78, 5) is 22.0. The molecular weight excluding hydrogens is 212 g/mol. The van der Waals surface area contributed by atoms with E-state index in [1.165, 1.54) is 14.0 Å². The van der Waals surface area contributed by atoms with Crippen LogP contribution in [0.3, 0.4) is 0 Å². The molecule has 0 fully saturated rings. The van der Waals surface area contributed by atoms with Crippen LogP contribution in [0, 0.1) is 5.41 Å². The van der Waals surface area contributed by atoms with Crippen molar-refractivity contribution in [3.63, 3.8) is 0 Å². The van der Waals surface area contributed by atoms with Crippen molar-refractivity contribution in [3.05, 3.63) is 12.2 Å². The van der Waals surface area contributed by atoms with E-state index in [2.05, 4.69) is 6.58 Å². The zero-order valence-electron chi connectivity index (χ0n) is 9.91. The van der Waals surface area contributed by atoms with Crippen molar-refractivity contribution in [2.45, 2.75) is 20.3 Å². The van der Waals surface area contributed by atoms with Crippen LogP contribution in [0.25, 0.3) is 0 Å². The number of methoxy groups -OCH3 is 1. The van der Waals surface area contributed by atoms with Crippen molar-refractivity contribution < 1.29 is 24.2 Å². The van der Waals surface area contributed by atoms with Gasteiger partial charge in [0.1, 0.15) is 0 Å². The van der Waals surface area contributed by atoms with Gasteiger partial charge in [-0.1, -0.05) is 6.58 Å². The molecule has 0 radical (unpaired) electrons. The number of carbonyl (C=O) groups excluding carboxylic acids is 1. The summed E-state index contributed by atoms with van der Waals surface area (Å²) in [6, 6.07) is 0. The molecule has 0 saturated carbocycles. The van der Waals surface area contributed by atoms with Gasteiger partial charge in [0, 0.05) is 12.7 Å². The molecule has 92 valence electrons. The summed E-state index contributed by atoms with van der Waals surface area (Å²) in [5, 5.41) is 9.00. The van der Waals surface area contributed by atoms with Gasteiger partial charge in [-0.15, -0.1) is 0 Å². The average Bonchev–Trinajstić information content (AvgIpc) is 2.17. The van der Waals surface area contributed by atoms with Gasteiger partial charge in [-0.25, -0.2) is 4.79 Å². The van der Waals surface area contributed by atoms with Gasteiger partial charge >= 0.3 is 11.9 Å². The van der Waals surface area contributed by atoms with Gasteiger partial charge in [0.25, 0.3) is 0 Å². The van der Waals surface area contributed by atoms with Gasteiger partial charge in [-0.2, -0.15) is 0 Å². The second-order valence-corrected chi connectivity index (χ2v) is 3.97. The fourth-order valence-electron chi connectivity index (χ4n) is 1.05. The summed E-state index contributed by atoms with van der Waals surface area (Å²) in [6.07, 6.45) is 0.204. The number of esters is 1. The van der Waals surface area contributed by atoms with E-state index in [1.807, 2.05) is 0 Å². The molecule has 0 bridgehead atoms. The molecule has 0 amide bonds. The highest BCUT2D eigenvalue weighted by atomic mass is 16.5. The minimum Gasteiger partial charge on any atom is -0.481 e. The van der Waals surface area contributed by atoms with Crippen LogP contribution < -0.4 is 0 Å². The molecule has 0 heterocycles. The lowest BCUT2D eigenvalue weighted by atomic mass is 9.88. The molecule has 5 heteroatoms. The zero-order valence-corrected chi connectivity index (χ0v) is 9.91. The molecule has 5 nitrogen and oxygen atoms in total. The quantitative estimate of drug-likeness (QED) is 0.526. The fourth-order valence-corrected chi connectivity index (χ4v) is 1.05. The van der Waals surface area contributed by atoms with Crippen molar-refractivity contribution in [3.8, 4) is 0 Å². The molecule has 0 rings (SSSR count). The molecule has 0 saturated heterocycles. The number of hydrogen-bond acceptors (Lipinski definition) is 4. The van der Waals surface area contributed by atoms with Crippen LogP contribution in [0.4, 0.5) is 0 Å². The van der Waals surface area contributed by atoms with Gasteiger partial charge < -0.3 is 14.6 Å². The van der Waals surface area contributed by atoms with E-state index in [0.29, 0.717) is 5.57 Å². The largest absolute Gasteiger partial charge is 0.481 e. The molecule has 0 aliphatic rings. The molecule has 0 aromatic heterocycles. The van der Waals surface area contributed by atoms with E-state index in [4.69, 9.17) is 14.6 Å². The molecular formula is C11H18O5. The minimum absolute atomic E-state index is 0.0395. The summed E-state index contributed by atoms with van der Waals surface area (Å²) >= 11 is 0. The summed E-state index contributed by atoms with van der Waals surface area (Å²) in [6.45, 7) is 6.63. The smallest absolute Gasteiger partial charge is 0.333 e. The monoisotopic (exact) mass is 230 g/mol. The topological polar surface area (TPSA) is 72.8 Å². The minimum atomic E-state index is -1.04. The Hall–Kier alpha value is -1.36. The van der Waals surface area contributed by atoms with Crippen molar-refractivity contribution >= 4 is 11.9 Å². The van der Waals surface area contributed by atoms with E-state index in [9.17, 15) is 9.59 Å². The molecule has 0 aromatic carbocycles.